The number of carbonyl (C=O) groups excluding carboxylic acids is 1. The maximum absolute atomic E-state index is 11.4. The van der Waals surface area contributed by atoms with Crippen molar-refractivity contribution in [1.29, 1.82) is 0 Å². The van der Waals surface area contributed by atoms with Crippen LogP contribution in [0.15, 0.2) is 11.8 Å². The number of methoxy groups -OCH3 is 1. The Bertz CT molecular complexity index is 275. The molecule has 0 aliphatic carbocycles. The number of ether oxygens (including phenoxy) is 1. The summed E-state index contributed by atoms with van der Waals surface area (Å²) in [6.45, 7) is 3.55. The van der Waals surface area contributed by atoms with Gasteiger partial charge in [0.2, 0.25) is 0 Å². The first kappa shape index (κ1) is 8.41. The molecule has 0 aromatic carbocycles. The number of carbonyl (C=O) groups is 1. The van der Waals surface area contributed by atoms with Gasteiger partial charge >= 0.3 is 6.03 Å². The number of fused-ring (bicyclic) bond motifs is 1. The molecule has 0 aromatic heterocycles. The second kappa shape index (κ2) is 2.65. The van der Waals surface area contributed by atoms with Gasteiger partial charge in [-0.05, 0) is 18.9 Å². The van der Waals surface area contributed by atoms with E-state index >= 15 is 0 Å². The van der Waals surface area contributed by atoms with Crippen molar-refractivity contribution < 1.29 is 9.53 Å². The quantitative estimate of drug-likeness (QED) is 0.607. The minimum atomic E-state index is -0.0263. The number of rotatable bonds is 1. The van der Waals surface area contributed by atoms with Crippen LogP contribution in [-0.4, -0.2) is 36.7 Å². The third-order valence-electron chi connectivity index (χ3n) is 2.77. The Balaban J connectivity index is 2.19. The fraction of sp³-hybridized carbons (Fsp3) is 0.667. The van der Waals surface area contributed by atoms with Gasteiger partial charge in [0.15, 0.2) is 0 Å². The highest BCUT2D eigenvalue weighted by atomic mass is 16.5. The van der Waals surface area contributed by atoms with Gasteiger partial charge in [-0.25, -0.2) is 4.79 Å². The largest absolute Gasteiger partial charge is 0.504 e. The van der Waals surface area contributed by atoms with Crippen molar-refractivity contribution in [2.45, 2.75) is 18.9 Å². The lowest BCUT2D eigenvalue weighted by Gasteiger charge is -2.23. The van der Waals surface area contributed by atoms with Crippen molar-refractivity contribution in [2.24, 2.45) is 0 Å². The van der Waals surface area contributed by atoms with E-state index in [0.717, 1.165) is 13.0 Å². The van der Waals surface area contributed by atoms with E-state index in [1.54, 1.807) is 13.4 Å². The molecule has 0 unspecified atom stereocenters. The topological polar surface area (TPSA) is 41.6 Å². The molecule has 2 aliphatic heterocycles. The molecule has 4 nitrogen and oxygen atoms in total. The van der Waals surface area contributed by atoms with Crippen LogP contribution in [0.2, 0.25) is 0 Å². The molecule has 0 bridgehead atoms. The van der Waals surface area contributed by atoms with Crippen LogP contribution in [0.1, 0.15) is 13.3 Å². The fourth-order valence-electron chi connectivity index (χ4n) is 2.12. The van der Waals surface area contributed by atoms with Crippen molar-refractivity contribution in [2.75, 3.05) is 20.2 Å². The Morgan fingerprint density at radius 2 is 2.46 bits per heavy atom. The minimum Gasteiger partial charge on any atom is -0.504 e. The summed E-state index contributed by atoms with van der Waals surface area (Å²) in [5, 5.41) is 2.84. The third-order valence-corrected chi connectivity index (χ3v) is 2.77. The second-order valence-corrected chi connectivity index (χ2v) is 3.93. The monoisotopic (exact) mass is 182 g/mol. The van der Waals surface area contributed by atoms with Gasteiger partial charge in [-0.3, -0.25) is 0 Å². The molecule has 13 heavy (non-hydrogen) atoms. The first-order valence-corrected chi connectivity index (χ1v) is 4.42. The van der Waals surface area contributed by atoms with Crippen LogP contribution in [0.4, 0.5) is 4.79 Å². The lowest BCUT2D eigenvalue weighted by atomic mass is 9.99. The lowest BCUT2D eigenvalue weighted by molar-refractivity contribution is 0.196. The summed E-state index contributed by atoms with van der Waals surface area (Å²) in [6, 6.07) is 0.0435. The summed E-state index contributed by atoms with van der Waals surface area (Å²) in [6.07, 6.45) is 2.66. The molecule has 2 amide bonds. The van der Waals surface area contributed by atoms with Crippen LogP contribution in [0.5, 0.6) is 0 Å². The summed E-state index contributed by atoms with van der Waals surface area (Å²) in [5.74, 6) is 0. The highest BCUT2D eigenvalue weighted by Gasteiger charge is 2.46. The zero-order chi connectivity index (χ0) is 9.47. The zero-order valence-electron chi connectivity index (χ0n) is 7.96. The van der Waals surface area contributed by atoms with E-state index in [0.29, 0.717) is 6.54 Å². The van der Waals surface area contributed by atoms with Crippen LogP contribution >= 0.6 is 0 Å². The molecule has 0 aromatic rings. The number of hydrogen-bond acceptors (Lipinski definition) is 2. The predicted octanol–water partition coefficient (Wildman–Crippen LogP) is 0.704. The van der Waals surface area contributed by atoms with Gasteiger partial charge < -0.3 is 15.0 Å². The van der Waals surface area contributed by atoms with Crippen molar-refractivity contribution in [1.82, 2.24) is 10.2 Å². The van der Waals surface area contributed by atoms with E-state index in [4.69, 9.17) is 4.74 Å². The number of urea groups is 1. The van der Waals surface area contributed by atoms with E-state index < -0.39 is 0 Å². The van der Waals surface area contributed by atoms with E-state index in [-0.39, 0.29) is 11.6 Å². The Morgan fingerprint density at radius 3 is 3.08 bits per heavy atom. The molecule has 0 saturated carbocycles. The molecule has 1 atom stereocenters. The van der Waals surface area contributed by atoms with Crippen molar-refractivity contribution in [3.63, 3.8) is 0 Å². The van der Waals surface area contributed by atoms with Gasteiger partial charge in [0.1, 0.15) is 0 Å². The smallest absolute Gasteiger partial charge is 0.318 e. The van der Waals surface area contributed by atoms with Crippen molar-refractivity contribution in [3.05, 3.63) is 11.8 Å². The standard InChI is InChI=1S/C9H14N2O2/c1-9-3-7(5-13-2)4-11(9)8(12)10-6-9/h5H,3-4,6H2,1-2H3,(H,10,12)/b7-5+/t9-/m0/s1. The molecule has 2 aliphatic rings. The van der Waals surface area contributed by atoms with E-state index in [1.165, 1.54) is 5.57 Å². The zero-order valence-corrected chi connectivity index (χ0v) is 7.96. The maximum Gasteiger partial charge on any atom is 0.318 e. The highest BCUT2D eigenvalue weighted by molar-refractivity contribution is 5.79. The van der Waals surface area contributed by atoms with Gasteiger partial charge in [0, 0.05) is 13.1 Å². The van der Waals surface area contributed by atoms with Crippen LogP contribution in [-0.2, 0) is 4.74 Å². The molecule has 1 N–H and O–H groups in total. The molecule has 72 valence electrons. The molecule has 2 fully saturated rings. The number of hydrogen-bond donors (Lipinski definition) is 1. The fourth-order valence-corrected chi connectivity index (χ4v) is 2.12. The van der Waals surface area contributed by atoms with Gasteiger partial charge in [-0.2, -0.15) is 0 Å². The highest BCUT2D eigenvalue weighted by Crippen LogP contribution is 2.34. The van der Waals surface area contributed by atoms with Gasteiger partial charge in [0.05, 0.1) is 18.9 Å². The van der Waals surface area contributed by atoms with E-state index in [9.17, 15) is 4.79 Å². The van der Waals surface area contributed by atoms with Gasteiger partial charge in [0.25, 0.3) is 0 Å². The molecule has 0 radical (unpaired) electrons. The molecular formula is C9H14N2O2. The number of nitrogens with one attached hydrogen (secondary N) is 1. The Morgan fingerprint density at radius 1 is 1.69 bits per heavy atom. The molecule has 2 heterocycles. The van der Waals surface area contributed by atoms with E-state index in [1.807, 2.05) is 4.90 Å². The first-order chi connectivity index (χ1) is 6.15. The van der Waals surface area contributed by atoms with Crippen molar-refractivity contribution in [3.8, 4) is 0 Å². The average molecular weight is 182 g/mol. The normalized spacial score (nSPS) is 35.1. The van der Waals surface area contributed by atoms with Crippen LogP contribution in [0.25, 0.3) is 0 Å². The minimum absolute atomic E-state index is 0.0263. The van der Waals surface area contributed by atoms with Crippen LogP contribution in [0.3, 0.4) is 0 Å². The summed E-state index contributed by atoms with van der Waals surface area (Å²) < 4.78 is 4.95. The first-order valence-electron chi connectivity index (χ1n) is 4.42. The van der Waals surface area contributed by atoms with Crippen molar-refractivity contribution >= 4 is 6.03 Å². The molecular weight excluding hydrogens is 168 g/mol. The SMILES string of the molecule is CO/C=C1/CN2C(=O)NC[C@]2(C)C1. The molecule has 0 spiro atoms. The van der Waals surface area contributed by atoms with Crippen LogP contribution < -0.4 is 5.32 Å². The average Bonchev–Trinajstić information content (AvgIpc) is 2.51. The summed E-state index contributed by atoms with van der Waals surface area (Å²) in [5.41, 5.74) is 1.17. The molecule has 2 saturated heterocycles. The number of nitrogens with zero attached hydrogens (tertiary/aromatic N) is 1. The molecule has 4 heteroatoms. The third kappa shape index (κ3) is 1.17. The summed E-state index contributed by atoms with van der Waals surface area (Å²) in [4.78, 5) is 13.2. The molecule has 2 rings (SSSR count). The second-order valence-electron chi connectivity index (χ2n) is 3.93. The van der Waals surface area contributed by atoms with Gasteiger partial charge in [-0.15, -0.1) is 0 Å². The van der Waals surface area contributed by atoms with Gasteiger partial charge in [-0.1, -0.05) is 0 Å². The summed E-state index contributed by atoms with van der Waals surface area (Å²) >= 11 is 0. The summed E-state index contributed by atoms with van der Waals surface area (Å²) in [7, 11) is 1.64. The Labute approximate surface area is 77.5 Å². The predicted molar refractivity (Wildman–Crippen MR) is 48.2 cm³/mol. The Hall–Kier alpha value is -1.19. The lowest BCUT2D eigenvalue weighted by Crippen LogP contribution is -2.38. The number of amides is 2. The Kier molecular flexibility index (Phi) is 1.71. The maximum atomic E-state index is 11.4. The van der Waals surface area contributed by atoms with E-state index in [2.05, 4.69) is 12.2 Å². The van der Waals surface area contributed by atoms with Crippen LogP contribution in [0, 0.1) is 0 Å².